The number of carbonyl (C=O) groups is 1. The Labute approximate surface area is 92.5 Å². The van der Waals surface area contributed by atoms with Gasteiger partial charge >= 0.3 is 12.1 Å². The zero-order valence-electron chi connectivity index (χ0n) is 9.19. The maximum absolute atomic E-state index is 12.4. The van der Waals surface area contributed by atoms with Crippen LogP contribution in [0.1, 0.15) is 39.0 Å². The van der Waals surface area contributed by atoms with Crippen molar-refractivity contribution in [3.63, 3.8) is 0 Å². The van der Waals surface area contributed by atoms with Crippen molar-refractivity contribution in [2.24, 2.45) is 0 Å². The van der Waals surface area contributed by atoms with Crippen molar-refractivity contribution in [1.29, 1.82) is 0 Å². The minimum absolute atomic E-state index is 0.133. The molecular weight excluding hydrogens is 221 g/mol. The molecule has 1 aliphatic rings. The summed E-state index contributed by atoms with van der Waals surface area (Å²) in [5.74, 6) is -0.730. The SMILES string of the molecule is C=C(C)C(=O)OC1(CC(F)(F)F)CCCC1. The zero-order valence-corrected chi connectivity index (χ0v) is 9.19. The van der Waals surface area contributed by atoms with E-state index in [9.17, 15) is 18.0 Å². The molecule has 0 N–H and O–H groups in total. The molecule has 1 fully saturated rings. The van der Waals surface area contributed by atoms with E-state index in [-0.39, 0.29) is 18.4 Å². The lowest BCUT2D eigenvalue weighted by Crippen LogP contribution is -2.37. The van der Waals surface area contributed by atoms with Gasteiger partial charge in [0.25, 0.3) is 0 Å². The second-order valence-electron chi connectivity index (χ2n) is 4.35. The second kappa shape index (κ2) is 4.47. The number of alkyl halides is 3. The lowest BCUT2D eigenvalue weighted by atomic mass is 9.97. The molecule has 0 amide bonds. The molecule has 5 heteroatoms. The number of halogens is 3. The van der Waals surface area contributed by atoms with E-state index in [0.29, 0.717) is 12.8 Å². The van der Waals surface area contributed by atoms with Crippen LogP contribution in [0.5, 0.6) is 0 Å². The Morgan fingerprint density at radius 2 is 1.88 bits per heavy atom. The molecule has 0 bridgehead atoms. The Bertz CT molecular complexity index is 288. The molecule has 0 aromatic heterocycles. The summed E-state index contributed by atoms with van der Waals surface area (Å²) in [6.45, 7) is 4.80. The molecule has 0 saturated heterocycles. The monoisotopic (exact) mass is 236 g/mol. The minimum atomic E-state index is -4.31. The summed E-state index contributed by atoms with van der Waals surface area (Å²) in [5.41, 5.74) is -1.22. The van der Waals surface area contributed by atoms with E-state index < -0.39 is 24.2 Å². The molecule has 0 aromatic carbocycles. The quantitative estimate of drug-likeness (QED) is 0.554. The van der Waals surface area contributed by atoms with Crippen LogP contribution >= 0.6 is 0 Å². The molecule has 1 rings (SSSR count). The average molecular weight is 236 g/mol. The number of carbonyl (C=O) groups excluding carboxylic acids is 1. The Morgan fingerprint density at radius 3 is 2.25 bits per heavy atom. The van der Waals surface area contributed by atoms with Crippen LogP contribution in [0.25, 0.3) is 0 Å². The first-order chi connectivity index (χ1) is 7.24. The number of esters is 1. The van der Waals surface area contributed by atoms with E-state index >= 15 is 0 Å². The normalized spacial score (nSPS) is 19.5. The molecule has 2 nitrogen and oxygen atoms in total. The van der Waals surface area contributed by atoms with Gasteiger partial charge in [-0.1, -0.05) is 6.58 Å². The molecule has 0 spiro atoms. The zero-order chi connectivity index (χ0) is 12.4. The fourth-order valence-electron chi connectivity index (χ4n) is 1.98. The molecule has 0 heterocycles. The first-order valence-corrected chi connectivity index (χ1v) is 5.20. The molecule has 0 atom stereocenters. The van der Waals surface area contributed by atoms with Gasteiger partial charge in [0.2, 0.25) is 0 Å². The van der Waals surface area contributed by atoms with Gasteiger partial charge in [0.1, 0.15) is 5.60 Å². The van der Waals surface area contributed by atoms with Crippen LogP contribution in [-0.2, 0) is 9.53 Å². The van der Waals surface area contributed by atoms with Crippen LogP contribution in [0.4, 0.5) is 13.2 Å². The van der Waals surface area contributed by atoms with Crippen LogP contribution in [-0.4, -0.2) is 17.7 Å². The number of hydrogen-bond acceptors (Lipinski definition) is 2. The third-order valence-corrected chi connectivity index (χ3v) is 2.70. The Hall–Kier alpha value is -1.00. The molecule has 0 aliphatic heterocycles. The summed E-state index contributed by atoms with van der Waals surface area (Å²) in [5, 5.41) is 0. The molecule has 92 valence electrons. The van der Waals surface area contributed by atoms with Gasteiger partial charge in [-0.2, -0.15) is 13.2 Å². The fourth-order valence-corrected chi connectivity index (χ4v) is 1.98. The number of ether oxygens (including phenoxy) is 1. The van der Waals surface area contributed by atoms with Gasteiger partial charge in [-0.25, -0.2) is 4.79 Å². The molecule has 1 aliphatic carbocycles. The minimum Gasteiger partial charge on any atom is -0.455 e. The first-order valence-electron chi connectivity index (χ1n) is 5.20. The van der Waals surface area contributed by atoms with Gasteiger partial charge in [-0.05, 0) is 32.6 Å². The van der Waals surface area contributed by atoms with Gasteiger partial charge in [-0.15, -0.1) is 0 Å². The van der Waals surface area contributed by atoms with Gasteiger partial charge in [0.05, 0.1) is 6.42 Å². The van der Waals surface area contributed by atoms with E-state index in [0.717, 1.165) is 0 Å². The van der Waals surface area contributed by atoms with Gasteiger partial charge in [-0.3, -0.25) is 0 Å². The van der Waals surface area contributed by atoms with Crippen molar-refractivity contribution in [3.05, 3.63) is 12.2 Å². The molecule has 0 aromatic rings. The standard InChI is InChI=1S/C11H15F3O2/c1-8(2)9(15)16-10(5-3-4-6-10)7-11(12,13)14/h1,3-7H2,2H3. The first kappa shape index (κ1) is 13.1. The highest BCUT2D eigenvalue weighted by Gasteiger charge is 2.47. The van der Waals surface area contributed by atoms with Crippen LogP contribution in [0.15, 0.2) is 12.2 Å². The van der Waals surface area contributed by atoms with Crippen molar-refractivity contribution < 1.29 is 22.7 Å². The lowest BCUT2D eigenvalue weighted by molar-refractivity contribution is -0.192. The van der Waals surface area contributed by atoms with Crippen LogP contribution < -0.4 is 0 Å². The maximum Gasteiger partial charge on any atom is 0.392 e. The summed E-state index contributed by atoms with van der Waals surface area (Å²) >= 11 is 0. The molecule has 0 unspecified atom stereocenters. The number of rotatable bonds is 3. The van der Waals surface area contributed by atoms with Crippen molar-refractivity contribution >= 4 is 5.97 Å². The molecular formula is C11H15F3O2. The maximum atomic E-state index is 12.4. The van der Waals surface area contributed by atoms with Crippen LogP contribution in [0.2, 0.25) is 0 Å². The van der Waals surface area contributed by atoms with E-state index in [2.05, 4.69) is 6.58 Å². The van der Waals surface area contributed by atoms with Gasteiger partial charge in [0, 0.05) is 5.57 Å². The van der Waals surface area contributed by atoms with Crippen LogP contribution in [0, 0.1) is 0 Å². The predicted octanol–water partition coefficient (Wildman–Crippen LogP) is 3.37. The third kappa shape index (κ3) is 3.54. The van der Waals surface area contributed by atoms with Gasteiger partial charge < -0.3 is 4.74 Å². The van der Waals surface area contributed by atoms with E-state index in [1.165, 1.54) is 6.92 Å². The summed E-state index contributed by atoms with van der Waals surface area (Å²) in [4.78, 5) is 11.3. The van der Waals surface area contributed by atoms with Crippen molar-refractivity contribution in [2.75, 3.05) is 0 Å². The van der Waals surface area contributed by atoms with Gasteiger partial charge in [0.15, 0.2) is 0 Å². The van der Waals surface area contributed by atoms with E-state index in [1.807, 2.05) is 0 Å². The predicted molar refractivity (Wildman–Crippen MR) is 52.8 cm³/mol. The molecule has 16 heavy (non-hydrogen) atoms. The van der Waals surface area contributed by atoms with Crippen molar-refractivity contribution in [3.8, 4) is 0 Å². The largest absolute Gasteiger partial charge is 0.455 e. The van der Waals surface area contributed by atoms with Crippen molar-refractivity contribution in [2.45, 2.75) is 50.8 Å². The topological polar surface area (TPSA) is 26.3 Å². The Morgan fingerprint density at radius 1 is 1.38 bits per heavy atom. The third-order valence-electron chi connectivity index (χ3n) is 2.70. The summed E-state index contributed by atoms with van der Waals surface area (Å²) in [6.07, 6.45) is -3.46. The number of hydrogen-bond donors (Lipinski definition) is 0. The Balaban J connectivity index is 2.73. The second-order valence-corrected chi connectivity index (χ2v) is 4.35. The van der Waals surface area contributed by atoms with Crippen molar-refractivity contribution in [1.82, 2.24) is 0 Å². The van der Waals surface area contributed by atoms with Crippen LogP contribution in [0.3, 0.4) is 0 Å². The Kier molecular flexibility index (Phi) is 3.65. The molecule has 0 radical (unpaired) electrons. The van der Waals surface area contributed by atoms with E-state index in [4.69, 9.17) is 4.74 Å². The summed E-state index contributed by atoms with van der Waals surface area (Å²) in [6, 6.07) is 0. The molecule has 1 saturated carbocycles. The highest BCUT2D eigenvalue weighted by molar-refractivity contribution is 5.87. The average Bonchev–Trinajstić information content (AvgIpc) is 2.49. The fraction of sp³-hybridized carbons (Fsp3) is 0.727. The van der Waals surface area contributed by atoms with E-state index in [1.54, 1.807) is 0 Å². The summed E-state index contributed by atoms with van der Waals surface area (Å²) in [7, 11) is 0. The lowest BCUT2D eigenvalue weighted by Gasteiger charge is -2.30. The smallest absolute Gasteiger partial charge is 0.392 e. The summed E-state index contributed by atoms with van der Waals surface area (Å²) < 4.78 is 42.1. The highest BCUT2D eigenvalue weighted by atomic mass is 19.4. The highest BCUT2D eigenvalue weighted by Crippen LogP contribution is 2.42.